The lowest BCUT2D eigenvalue weighted by molar-refractivity contribution is -0.140. The highest BCUT2D eigenvalue weighted by atomic mass is 35.5. The van der Waals surface area contributed by atoms with Gasteiger partial charge in [0.15, 0.2) is 0 Å². The van der Waals surface area contributed by atoms with Crippen LogP contribution >= 0.6 is 24.8 Å². The van der Waals surface area contributed by atoms with Crippen molar-refractivity contribution in [1.29, 1.82) is 0 Å². The van der Waals surface area contributed by atoms with E-state index in [4.69, 9.17) is 0 Å². The Morgan fingerprint density at radius 1 is 1.08 bits per heavy atom. The second-order valence-corrected chi connectivity index (χ2v) is 6.51. The molecule has 0 unspecified atom stereocenters. The molecule has 1 atom stereocenters. The van der Waals surface area contributed by atoms with Crippen LogP contribution in [0.25, 0.3) is 0 Å². The SMILES string of the molecule is CC(C)CC[C@@H](c1ccc(F)c(C(F)(F)F)c1)N1CCNCC1.Cl.Cl. The van der Waals surface area contributed by atoms with Crippen molar-refractivity contribution in [3.8, 4) is 0 Å². The summed E-state index contributed by atoms with van der Waals surface area (Å²) in [7, 11) is 0. The van der Waals surface area contributed by atoms with Crippen LogP contribution in [0.15, 0.2) is 18.2 Å². The van der Waals surface area contributed by atoms with E-state index in [9.17, 15) is 17.6 Å². The molecule has 0 bridgehead atoms. The normalized spacial score (nSPS) is 16.9. The van der Waals surface area contributed by atoms with Crippen molar-refractivity contribution < 1.29 is 17.6 Å². The first-order valence-corrected chi connectivity index (χ1v) is 8.10. The molecule has 1 fully saturated rings. The van der Waals surface area contributed by atoms with Crippen molar-refractivity contribution >= 4 is 24.8 Å². The van der Waals surface area contributed by atoms with Crippen LogP contribution in [0.1, 0.15) is 43.9 Å². The maximum absolute atomic E-state index is 13.5. The molecule has 25 heavy (non-hydrogen) atoms. The number of benzene rings is 1. The lowest BCUT2D eigenvalue weighted by Crippen LogP contribution is -2.45. The summed E-state index contributed by atoms with van der Waals surface area (Å²) < 4.78 is 52.5. The summed E-state index contributed by atoms with van der Waals surface area (Å²) in [5.41, 5.74) is -0.610. The maximum Gasteiger partial charge on any atom is 0.419 e. The van der Waals surface area contributed by atoms with Crippen LogP contribution in [-0.4, -0.2) is 31.1 Å². The minimum absolute atomic E-state index is 0. The first kappa shape index (κ1) is 24.4. The maximum atomic E-state index is 13.5. The molecule has 1 aliphatic heterocycles. The molecule has 2 nitrogen and oxygen atoms in total. The van der Waals surface area contributed by atoms with Crippen molar-refractivity contribution in [1.82, 2.24) is 10.2 Å². The van der Waals surface area contributed by atoms with Gasteiger partial charge in [0.05, 0.1) is 5.56 Å². The molecular formula is C17H26Cl2F4N2. The second-order valence-electron chi connectivity index (χ2n) is 6.51. The second kappa shape index (κ2) is 10.6. The highest BCUT2D eigenvalue weighted by molar-refractivity contribution is 5.85. The van der Waals surface area contributed by atoms with Gasteiger partial charge in [0.2, 0.25) is 0 Å². The van der Waals surface area contributed by atoms with Crippen LogP contribution in [-0.2, 0) is 6.18 Å². The number of halogens is 6. The summed E-state index contributed by atoms with van der Waals surface area (Å²) in [5.74, 6) is -0.730. The summed E-state index contributed by atoms with van der Waals surface area (Å²) in [4.78, 5) is 2.20. The van der Waals surface area contributed by atoms with Gasteiger partial charge in [0.25, 0.3) is 0 Å². The zero-order valence-electron chi connectivity index (χ0n) is 14.4. The molecule has 1 aromatic rings. The molecule has 0 spiro atoms. The molecule has 0 aliphatic carbocycles. The zero-order valence-corrected chi connectivity index (χ0v) is 16.0. The Hall–Kier alpha value is -0.560. The van der Waals surface area contributed by atoms with E-state index >= 15 is 0 Å². The van der Waals surface area contributed by atoms with Gasteiger partial charge in [-0.3, -0.25) is 4.90 Å². The van der Waals surface area contributed by atoms with Crippen LogP contribution in [0.2, 0.25) is 0 Å². The van der Waals surface area contributed by atoms with Crippen molar-refractivity contribution in [2.45, 2.75) is 38.9 Å². The van der Waals surface area contributed by atoms with Gasteiger partial charge in [-0.15, -0.1) is 24.8 Å². The standard InChI is InChI=1S/C17H24F4N2.2ClH/c1-12(2)3-6-16(23-9-7-22-8-10-23)13-4-5-15(18)14(11-13)17(19,20)21;;/h4-5,11-12,16,22H,3,6-10H2,1-2H3;2*1H/t16-;;/m0../s1. The average molecular weight is 405 g/mol. The van der Waals surface area contributed by atoms with Crippen molar-refractivity contribution in [3.05, 3.63) is 35.1 Å². The summed E-state index contributed by atoms with van der Waals surface area (Å²) in [6.07, 6.45) is -2.96. The fourth-order valence-electron chi connectivity index (χ4n) is 3.01. The molecule has 2 rings (SSSR count). The van der Waals surface area contributed by atoms with E-state index in [1.807, 2.05) is 0 Å². The van der Waals surface area contributed by atoms with E-state index in [0.29, 0.717) is 11.5 Å². The predicted molar refractivity (Wildman–Crippen MR) is 97.2 cm³/mol. The molecule has 8 heteroatoms. The number of alkyl halides is 3. The Bertz CT molecular complexity index is 518. The molecule has 1 N–H and O–H groups in total. The van der Waals surface area contributed by atoms with Crippen LogP contribution in [0.3, 0.4) is 0 Å². The van der Waals surface area contributed by atoms with Gasteiger partial charge in [-0.1, -0.05) is 19.9 Å². The number of hydrogen-bond acceptors (Lipinski definition) is 2. The van der Waals surface area contributed by atoms with Crippen LogP contribution in [0.5, 0.6) is 0 Å². The summed E-state index contributed by atoms with van der Waals surface area (Å²) in [5, 5.41) is 3.25. The number of nitrogens with zero attached hydrogens (tertiary/aromatic N) is 1. The molecule has 1 saturated heterocycles. The van der Waals surface area contributed by atoms with Gasteiger partial charge in [-0.25, -0.2) is 4.39 Å². The lowest BCUT2D eigenvalue weighted by Gasteiger charge is -2.36. The van der Waals surface area contributed by atoms with E-state index in [1.54, 1.807) is 0 Å². The van der Waals surface area contributed by atoms with Gasteiger partial charge >= 0.3 is 6.18 Å². The third-order valence-electron chi connectivity index (χ3n) is 4.29. The van der Waals surface area contributed by atoms with Crippen LogP contribution < -0.4 is 5.32 Å². The van der Waals surface area contributed by atoms with Crippen LogP contribution in [0, 0.1) is 11.7 Å². The largest absolute Gasteiger partial charge is 0.419 e. The minimum Gasteiger partial charge on any atom is -0.314 e. The van der Waals surface area contributed by atoms with Crippen LogP contribution in [0.4, 0.5) is 17.6 Å². The predicted octanol–water partition coefficient (Wildman–Crippen LogP) is 5.07. The first-order chi connectivity index (χ1) is 10.8. The molecule has 1 heterocycles. The quantitative estimate of drug-likeness (QED) is 0.689. The van der Waals surface area contributed by atoms with E-state index in [0.717, 1.165) is 51.2 Å². The molecular weight excluding hydrogens is 379 g/mol. The zero-order chi connectivity index (χ0) is 17.0. The molecule has 0 aromatic heterocycles. The molecule has 1 aliphatic rings. The highest BCUT2D eigenvalue weighted by Gasteiger charge is 2.35. The van der Waals surface area contributed by atoms with Crippen molar-refractivity contribution in [3.63, 3.8) is 0 Å². The number of nitrogens with one attached hydrogen (secondary N) is 1. The average Bonchev–Trinajstić information content (AvgIpc) is 2.48. The van der Waals surface area contributed by atoms with E-state index in [-0.39, 0.29) is 30.9 Å². The molecule has 1 aromatic carbocycles. The minimum atomic E-state index is -4.66. The third kappa shape index (κ3) is 6.93. The fourth-order valence-corrected chi connectivity index (χ4v) is 3.01. The Morgan fingerprint density at radius 3 is 2.20 bits per heavy atom. The van der Waals surface area contributed by atoms with Crippen molar-refractivity contribution in [2.75, 3.05) is 26.2 Å². The molecule has 146 valence electrons. The van der Waals surface area contributed by atoms with E-state index < -0.39 is 17.6 Å². The first-order valence-electron chi connectivity index (χ1n) is 8.10. The lowest BCUT2D eigenvalue weighted by atomic mass is 9.94. The molecule has 0 radical (unpaired) electrons. The summed E-state index contributed by atoms with van der Waals surface area (Å²) >= 11 is 0. The summed E-state index contributed by atoms with van der Waals surface area (Å²) in [6.45, 7) is 7.43. The number of rotatable bonds is 5. The molecule has 0 saturated carbocycles. The fraction of sp³-hybridized carbons (Fsp3) is 0.647. The van der Waals surface area contributed by atoms with Gasteiger partial charge in [-0.2, -0.15) is 13.2 Å². The topological polar surface area (TPSA) is 15.3 Å². The Labute approximate surface area is 159 Å². The van der Waals surface area contributed by atoms with E-state index in [1.165, 1.54) is 6.07 Å². The third-order valence-corrected chi connectivity index (χ3v) is 4.29. The smallest absolute Gasteiger partial charge is 0.314 e. The molecule has 0 amide bonds. The highest BCUT2D eigenvalue weighted by Crippen LogP contribution is 2.35. The van der Waals surface area contributed by atoms with Gasteiger partial charge < -0.3 is 5.32 Å². The van der Waals surface area contributed by atoms with Crippen molar-refractivity contribution in [2.24, 2.45) is 5.92 Å². The van der Waals surface area contributed by atoms with E-state index in [2.05, 4.69) is 24.1 Å². The van der Waals surface area contributed by atoms with Gasteiger partial charge in [-0.05, 0) is 36.5 Å². The Morgan fingerprint density at radius 2 is 1.68 bits per heavy atom. The monoisotopic (exact) mass is 404 g/mol. The van der Waals surface area contributed by atoms with Gasteiger partial charge in [0.1, 0.15) is 5.82 Å². The summed E-state index contributed by atoms with van der Waals surface area (Å²) in [6, 6.07) is 3.34. The Balaban J connectivity index is 0.00000288. The number of hydrogen-bond donors (Lipinski definition) is 1. The Kier molecular flexibility index (Phi) is 10.3. The van der Waals surface area contributed by atoms with Gasteiger partial charge in [0, 0.05) is 32.2 Å². The number of piperazine rings is 1.